The van der Waals surface area contributed by atoms with E-state index in [0.717, 1.165) is 12.1 Å². The van der Waals surface area contributed by atoms with Crippen LogP contribution in [0.4, 0.5) is 0 Å². The number of para-hydroxylation sites is 1. The van der Waals surface area contributed by atoms with Crippen LogP contribution in [0.5, 0.6) is 11.5 Å². The monoisotopic (exact) mass is 324 g/mol. The standard InChI is InChI=1S/C17H28N2O4/c1-17(2,3)19-15(20)12-23-16-13(11-18-9-10-21-4)7-6-8-14(16)22-5/h6-8,18H,9-12H2,1-5H3,(H,19,20). The number of carbonyl (C=O) groups is 1. The zero-order chi connectivity index (χ0) is 17.3. The first kappa shape index (κ1) is 19.3. The fraction of sp³-hybridized carbons (Fsp3) is 0.588. The maximum Gasteiger partial charge on any atom is 0.258 e. The quantitative estimate of drug-likeness (QED) is 0.677. The predicted octanol–water partition coefficient (Wildman–Crippen LogP) is 1.72. The normalized spacial score (nSPS) is 11.2. The van der Waals surface area contributed by atoms with E-state index >= 15 is 0 Å². The van der Waals surface area contributed by atoms with Crippen LogP contribution in [-0.2, 0) is 16.1 Å². The molecular formula is C17H28N2O4. The molecule has 0 atom stereocenters. The second-order valence-corrected chi connectivity index (χ2v) is 6.20. The van der Waals surface area contributed by atoms with Gasteiger partial charge in [0.25, 0.3) is 5.91 Å². The van der Waals surface area contributed by atoms with Crippen LogP contribution in [0.15, 0.2) is 18.2 Å². The van der Waals surface area contributed by atoms with E-state index in [9.17, 15) is 4.79 Å². The Hall–Kier alpha value is -1.79. The second-order valence-electron chi connectivity index (χ2n) is 6.20. The van der Waals surface area contributed by atoms with Gasteiger partial charge in [0.1, 0.15) is 0 Å². The first-order valence-electron chi connectivity index (χ1n) is 7.66. The van der Waals surface area contributed by atoms with Gasteiger partial charge in [0.05, 0.1) is 13.7 Å². The summed E-state index contributed by atoms with van der Waals surface area (Å²) in [5.41, 5.74) is 0.648. The third-order valence-corrected chi connectivity index (χ3v) is 2.94. The highest BCUT2D eigenvalue weighted by Gasteiger charge is 2.16. The van der Waals surface area contributed by atoms with Gasteiger partial charge in [0.2, 0.25) is 0 Å². The molecule has 1 aromatic carbocycles. The lowest BCUT2D eigenvalue weighted by Gasteiger charge is -2.21. The van der Waals surface area contributed by atoms with Gasteiger partial charge in [-0.25, -0.2) is 0 Å². The number of carbonyl (C=O) groups excluding carboxylic acids is 1. The zero-order valence-electron chi connectivity index (χ0n) is 14.7. The van der Waals surface area contributed by atoms with E-state index in [0.29, 0.717) is 24.7 Å². The van der Waals surface area contributed by atoms with Crippen molar-refractivity contribution in [1.29, 1.82) is 0 Å². The second kappa shape index (κ2) is 9.37. The number of hydrogen-bond acceptors (Lipinski definition) is 5. The van der Waals surface area contributed by atoms with Gasteiger partial charge in [-0.05, 0) is 26.8 Å². The largest absolute Gasteiger partial charge is 0.493 e. The van der Waals surface area contributed by atoms with Gasteiger partial charge in [-0.1, -0.05) is 12.1 Å². The number of hydrogen-bond donors (Lipinski definition) is 2. The highest BCUT2D eigenvalue weighted by atomic mass is 16.5. The summed E-state index contributed by atoms with van der Waals surface area (Å²) < 4.78 is 16.1. The van der Waals surface area contributed by atoms with E-state index < -0.39 is 0 Å². The van der Waals surface area contributed by atoms with Crippen molar-refractivity contribution in [3.8, 4) is 11.5 Å². The Labute approximate surface area is 138 Å². The number of rotatable bonds is 9. The molecule has 0 aromatic heterocycles. The molecule has 0 saturated heterocycles. The average Bonchev–Trinajstić information content (AvgIpc) is 2.48. The number of ether oxygens (including phenoxy) is 3. The summed E-state index contributed by atoms with van der Waals surface area (Å²) in [5, 5.41) is 6.13. The fourth-order valence-electron chi connectivity index (χ4n) is 2.01. The molecule has 0 aliphatic heterocycles. The molecule has 0 unspecified atom stereocenters. The van der Waals surface area contributed by atoms with Crippen molar-refractivity contribution in [3.63, 3.8) is 0 Å². The minimum absolute atomic E-state index is 0.0529. The number of amides is 1. The van der Waals surface area contributed by atoms with Gasteiger partial charge in [-0.3, -0.25) is 4.79 Å². The van der Waals surface area contributed by atoms with E-state index in [1.165, 1.54) is 0 Å². The minimum atomic E-state index is -0.286. The van der Waals surface area contributed by atoms with Crippen LogP contribution in [-0.4, -0.2) is 45.4 Å². The Balaban J connectivity index is 2.72. The molecule has 0 radical (unpaired) electrons. The van der Waals surface area contributed by atoms with E-state index in [-0.39, 0.29) is 18.1 Å². The van der Waals surface area contributed by atoms with Gasteiger partial charge < -0.3 is 24.8 Å². The molecule has 1 aromatic rings. The molecule has 1 rings (SSSR count). The summed E-state index contributed by atoms with van der Waals surface area (Å²) in [7, 11) is 3.25. The first-order chi connectivity index (χ1) is 10.9. The molecule has 1 amide bonds. The van der Waals surface area contributed by atoms with E-state index in [2.05, 4.69) is 10.6 Å². The number of nitrogens with one attached hydrogen (secondary N) is 2. The molecule has 0 bridgehead atoms. The topological polar surface area (TPSA) is 68.8 Å². The third-order valence-electron chi connectivity index (χ3n) is 2.94. The van der Waals surface area contributed by atoms with Crippen molar-refractivity contribution in [2.24, 2.45) is 0 Å². The van der Waals surface area contributed by atoms with Gasteiger partial charge in [-0.2, -0.15) is 0 Å². The summed E-state index contributed by atoms with van der Waals surface area (Å²) in [6.07, 6.45) is 0. The van der Waals surface area contributed by atoms with Crippen LogP contribution in [0, 0.1) is 0 Å². The Bertz CT molecular complexity index is 498. The van der Waals surface area contributed by atoms with Crippen LogP contribution >= 0.6 is 0 Å². The summed E-state index contributed by atoms with van der Waals surface area (Å²) >= 11 is 0. The lowest BCUT2D eigenvalue weighted by Crippen LogP contribution is -2.43. The van der Waals surface area contributed by atoms with Crippen LogP contribution in [0.3, 0.4) is 0 Å². The molecule has 0 aliphatic rings. The van der Waals surface area contributed by atoms with Crippen molar-refractivity contribution in [1.82, 2.24) is 10.6 Å². The van der Waals surface area contributed by atoms with E-state index in [4.69, 9.17) is 14.2 Å². The summed E-state index contributed by atoms with van der Waals surface area (Å²) in [5.74, 6) is 1.03. The Morgan fingerprint density at radius 1 is 1.22 bits per heavy atom. The molecule has 0 saturated carbocycles. The van der Waals surface area contributed by atoms with Gasteiger partial charge in [0.15, 0.2) is 18.1 Å². The van der Waals surface area contributed by atoms with E-state index in [1.54, 1.807) is 14.2 Å². The molecule has 6 nitrogen and oxygen atoms in total. The SMILES string of the molecule is COCCNCc1cccc(OC)c1OCC(=O)NC(C)(C)C. The van der Waals surface area contributed by atoms with Gasteiger partial charge in [-0.15, -0.1) is 0 Å². The molecular weight excluding hydrogens is 296 g/mol. The maximum absolute atomic E-state index is 11.9. The number of methoxy groups -OCH3 is 2. The summed E-state index contributed by atoms with van der Waals surface area (Å²) in [6.45, 7) is 7.71. The Kier molecular flexibility index (Phi) is 7.85. The Morgan fingerprint density at radius 3 is 2.57 bits per heavy atom. The van der Waals surface area contributed by atoms with Crippen molar-refractivity contribution < 1.29 is 19.0 Å². The van der Waals surface area contributed by atoms with Crippen molar-refractivity contribution in [3.05, 3.63) is 23.8 Å². The van der Waals surface area contributed by atoms with Crippen LogP contribution in [0.25, 0.3) is 0 Å². The third kappa shape index (κ3) is 7.34. The predicted molar refractivity (Wildman–Crippen MR) is 90.0 cm³/mol. The molecule has 130 valence electrons. The highest BCUT2D eigenvalue weighted by molar-refractivity contribution is 5.78. The molecule has 0 fully saturated rings. The van der Waals surface area contributed by atoms with Crippen LogP contribution < -0.4 is 20.1 Å². The van der Waals surface area contributed by atoms with Crippen LogP contribution in [0.1, 0.15) is 26.3 Å². The van der Waals surface area contributed by atoms with Crippen molar-refractivity contribution in [2.45, 2.75) is 32.9 Å². The van der Waals surface area contributed by atoms with Gasteiger partial charge >= 0.3 is 0 Å². The van der Waals surface area contributed by atoms with Crippen molar-refractivity contribution in [2.75, 3.05) is 34.0 Å². The lowest BCUT2D eigenvalue weighted by atomic mass is 10.1. The average molecular weight is 324 g/mol. The van der Waals surface area contributed by atoms with Gasteiger partial charge in [0, 0.05) is 31.3 Å². The molecule has 0 heterocycles. The Morgan fingerprint density at radius 2 is 1.96 bits per heavy atom. The van der Waals surface area contributed by atoms with Crippen LogP contribution in [0.2, 0.25) is 0 Å². The molecule has 23 heavy (non-hydrogen) atoms. The zero-order valence-corrected chi connectivity index (χ0v) is 14.7. The maximum atomic E-state index is 11.9. The smallest absolute Gasteiger partial charge is 0.258 e. The molecule has 6 heteroatoms. The summed E-state index contributed by atoms with van der Waals surface area (Å²) in [4.78, 5) is 11.9. The highest BCUT2D eigenvalue weighted by Crippen LogP contribution is 2.31. The van der Waals surface area contributed by atoms with E-state index in [1.807, 2.05) is 39.0 Å². The summed E-state index contributed by atoms with van der Waals surface area (Å²) in [6, 6.07) is 5.66. The molecule has 0 aliphatic carbocycles. The fourth-order valence-corrected chi connectivity index (χ4v) is 2.01. The first-order valence-corrected chi connectivity index (χ1v) is 7.66. The molecule has 0 spiro atoms. The minimum Gasteiger partial charge on any atom is -0.493 e. The van der Waals surface area contributed by atoms with Crippen molar-refractivity contribution >= 4 is 5.91 Å². The lowest BCUT2D eigenvalue weighted by molar-refractivity contribution is -0.124. The molecule has 2 N–H and O–H groups in total. The number of benzene rings is 1.